The number of nitrogens with one attached hydrogen (secondary N) is 2. The minimum Gasteiger partial charge on any atom is -0.373 e. The number of carbonyl (C=O) groups is 1. The maximum Gasteiger partial charge on any atom is 0.251 e. The number of carbonyl (C=O) groups excluding carboxylic acids is 1. The zero-order valence-corrected chi connectivity index (χ0v) is 20.2. The molecule has 182 valence electrons. The number of hydrogen-bond donors (Lipinski definition) is 2. The molecule has 0 bridgehead atoms. The van der Waals surface area contributed by atoms with Gasteiger partial charge in [0, 0.05) is 47.9 Å². The van der Waals surface area contributed by atoms with Crippen LogP contribution >= 0.6 is 0 Å². The van der Waals surface area contributed by atoms with E-state index in [0.29, 0.717) is 11.5 Å². The summed E-state index contributed by atoms with van der Waals surface area (Å²) in [5.74, 6) is 0.746. The first-order chi connectivity index (χ1) is 17.1. The largest absolute Gasteiger partial charge is 0.373 e. The highest BCUT2D eigenvalue weighted by molar-refractivity contribution is 5.98. The second-order valence-corrected chi connectivity index (χ2v) is 10.3. The summed E-state index contributed by atoms with van der Waals surface area (Å²) in [6, 6.07) is 12.0. The number of aromatic nitrogens is 3. The molecule has 35 heavy (non-hydrogen) atoms. The van der Waals surface area contributed by atoms with E-state index in [2.05, 4.69) is 44.5 Å². The molecule has 1 aromatic carbocycles. The summed E-state index contributed by atoms with van der Waals surface area (Å²) in [6.07, 6.45) is 8.59. The zero-order valence-electron chi connectivity index (χ0n) is 20.2. The number of hydrogen-bond acceptors (Lipinski definition) is 5. The van der Waals surface area contributed by atoms with E-state index in [0.717, 1.165) is 74.2 Å². The Kier molecular flexibility index (Phi) is 6.12. The van der Waals surface area contributed by atoms with Crippen molar-refractivity contribution in [3.05, 3.63) is 71.2 Å². The quantitative estimate of drug-likeness (QED) is 0.545. The fourth-order valence-electron chi connectivity index (χ4n) is 6.07. The Morgan fingerprint density at radius 2 is 2.23 bits per heavy atom. The van der Waals surface area contributed by atoms with Crippen molar-refractivity contribution in [2.45, 2.75) is 57.2 Å². The lowest BCUT2D eigenvalue weighted by Crippen LogP contribution is -2.47. The molecule has 3 aliphatic rings. The number of piperidine rings is 1. The normalized spacial score (nSPS) is 26.9. The molecular weight excluding hydrogens is 438 g/mol. The van der Waals surface area contributed by atoms with Gasteiger partial charge in [-0.15, -0.1) is 0 Å². The minimum atomic E-state index is -0.0108. The Hall–Kier alpha value is -3.03. The number of likely N-dealkylation sites (tertiary alicyclic amines) is 1. The Balaban J connectivity index is 1.17. The molecule has 6 rings (SSSR count). The number of benzene rings is 1. The third-order valence-corrected chi connectivity index (χ3v) is 7.78. The fraction of sp³-hybridized carbons (Fsp3) is 0.464. The van der Waals surface area contributed by atoms with E-state index >= 15 is 0 Å². The third kappa shape index (κ3) is 4.62. The van der Waals surface area contributed by atoms with Crippen LogP contribution in [0.3, 0.4) is 0 Å². The van der Waals surface area contributed by atoms with Crippen molar-refractivity contribution < 1.29 is 9.53 Å². The Labute approximate surface area is 206 Å². The van der Waals surface area contributed by atoms with Gasteiger partial charge in [0.05, 0.1) is 23.9 Å². The number of rotatable bonds is 5. The van der Waals surface area contributed by atoms with Crippen molar-refractivity contribution in [3.8, 4) is 0 Å². The van der Waals surface area contributed by atoms with E-state index in [4.69, 9.17) is 4.74 Å². The molecule has 7 heteroatoms. The smallest absolute Gasteiger partial charge is 0.251 e. The second-order valence-electron chi connectivity index (χ2n) is 10.3. The zero-order chi connectivity index (χ0) is 23.8. The lowest BCUT2D eigenvalue weighted by molar-refractivity contribution is 0.0760. The number of amides is 1. The van der Waals surface area contributed by atoms with Gasteiger partial charge in [-0.3, -0.25) is 19.8 Å². The van der Waals surface area contributed by atoms with Crippen LogP contribution < -0.4 is 5.32 Å². The summed E-state index contributed by atoms with van der Waals surface area (Å²) in [5.41, 5.74) is 5.20. The van der Waals surface area contributed by atoms with Crippen molar-refractivity contribution in [3.63, 3.8) is 0 Å². The molecule has 7 nitrogen and oxygen atoms in total. The summed E-state index contributed by atoms with van der Waals surface area (Å²) in [4.78, 5) is 20.1. The molecular formula is C28H33N5O2. The molecule has 4 unspecified atom stereocenters. The fourth-order valence-corrected chi connectivity index (χ4v) is 6.07. The van der Waals surface area contributed by atoms with Gasteiger partial charge in [0.1, 0.15) is 0 Å². The lowest BCUT2D eigenvalue weighted by atomic mass is 9.79. The van der Waals surface area contributed by atoms with Gasteiger partial charge in [0.25, 0.3) is 5.91 Å². The van der Waals surface area contributed by atoms with Crippen molar-refractivity contribution >= 4 is 16.8 Å². The molecule has 2 aliphatic heterocycles. The van der Waals surface area contributed by atoms with Gasteiger partial charge in [-0.25, -0.2) is 0 Å². The second kappa shape index (κ2) is 9.55. The SMILES string of the molecule is CC1CC(c2[nH]nc3ccc(C(=O)NC4CCCN(Cc5ccccn5)C4)cc23)C=C2CCOC21. The number of pyridine rings is 1. The first kappa shape index (κ1) is 22.4. The molecule has 4 heterocycles. The minimum absolute atomic E-state index is 0.0108. The first-order valence-corrected chi connectivity index (χ1v) is 12.9. The van der Waals surface area contributed by atoms with Crippen LogP contribution in [0, 0.1) is 5.92 Å². The molecule has 3 aromatic rings. The van der Waals surface area contributed by atoms with Crippen LogP contribution in [0.2, 0.25) is 0 Å². The molecule has 1 aliphatic carbocycles. The van der Waals surface area contributed by atoms with Crippen LogP contribution in [-0.4, -0.2) is 57.8 Å². The molecule has 2 N–H and O–H groups in total. The molecule has 0 saturated carbocycles. The maximum atomic E-state index is 13.2. The van der Waals surface area contributed by atoms with E-state index in [9.17, 15) is 4.79 Å². The van der Waals surface area contributed by atoms with Gasteiger partial charge >= 0.3 is 0 Å². The topological polar surface area (TPSA) is 83.1 Å². The van der Waals surface area contributed by atoms with Crippen LogP contribution in [0.15, 0.2) is 54.2 Å². The summed E-state index contributed by atoms with van der Waals surface area (Å²) in [5, 5.41) is 12.2. The van der Waals surface area contributed by atoms with E-state index in [1.165, 1.54) is 5.57 Å². The van der Waals surface area contributed by atoms with Crippen molar-refractivity contribution in [1.29, 1.82) is 0 Å². The molecule has 1 amide bonds. The lowest BCUT2D eigenvalue weighted by Gasteiger charge is -2.33. The van der Waals surface area contributed by atoms with Crippen LogP contribution in [-0.2, 0) is 11.3 Å². The van der Waals surface area contributed by atoms with Crippen molar-refractivity contribution in [2.24, 2.45) is 5.92 Å². The first-order valence-electron chi connectivity index (χ1n) is 12.9. The van der Waals surface area contributed by atoms with Crippen LogP contribution in [0.5, 0.6) is 0 Å². The molecule has 0 spiro atoms. The van der Waals surface area contributed by atoms with Gasteiger partial charge < -0.3 is 10.1 Å². The average Bonchev–Trinajstić information content (AvgIpc) is 3.52. The monoisotopic (exact) mass is 471 g/mol. The van der Waals surface area contributed by atoms with Gasteiger partial charge in [-0.05, 0) is 74.1 Å². The number of ether oxygens (including phenoxy) is 1. The maximum absolute atomic E-state index is 13.2. The Morgan fingerprint density at radius 3 is 3.11 bits per heavy atom. The van der Waals surface area contributed by atoms with Gasteiger partial charge in [0.2, 0.25) is 0 Å². The van der Waals surface area contributed by atoms with Crippen LogP contribution in [0.4, 0.5) is 0 Å². The van der Waals surface area contributed by atoms with Gasteiger partial charge in [-0.2, -0.15) is 5.10 Å². The standard InChI is InChI=1S/C28H33N5O2/c1-18-13-21(14-19-9-12-35-27(18)19)26-24-15-20(7-8-25(24)31-32-26)28(34)30-23-6-4-11-33(17-23)16-22-5-2-3-10-29-22/h2-3,5,7-8,10,14-15,18,21,23,27H,4,6,9,11-13,16-17H2,1H3,(H,30,34)(H,31,32). The predicted octanol–water partition coefficient (Wildman–Crippen LogP) is 4.19. The number of nitrogens with zero attached hydrogens (tertiary/aromatic N) is 3. The van der Waals surface area contributed by atoms with E-state index in [-0.39, 0.29) is 24.0 Å². The van der Waals surface area contributed by atoms with Gasteiger partial charge in [-0.1, -0.05) is 19.1 Å². The number of H-pyrrole nitrogens is 1. The predicted molar refractivity (Wildman–Crippen MR) is 135 cm³/mol. The highest BCUT2D eigenvalue weighted by Crippen LogP contribution is 2.41. The third-order valence-electron chi connectivity index (χ3n) is 7.78. The Bertz CT molecular complexity index is 1240. The van der Waals surface area contributed by atoms with Crippen molar-refractivity contribution in [1.82, 2.24) is 25.4 Å². The molecule has 4 atom stereocenters. The molecule has 0 radical (unpaired) electrons. The molecule has 2 fully saturated rings. The van der Waals surface area contributed by atoms with Crippen LogP contribution in [0.1, 0.15) is 60.3 Å². The summed E-state index contributed by atoms with van der Waals surface area (Å²) >= 11 is 0. The van der Waals surface area contributed by atoms with Crippen LogP contribution in [0.25, 0.3) is 10.9 Å². The number of allylic oxidation sites excluding steroid dienone is 1. The number of aromatic amines is 1. The molecule has 2 saturated heterocycles. The summed E-state index contributed by atoms with van der Waals surface area (Å²) in [6.45, 7) is 5.79. The van der Waals surface area contributed by atoms with E-state index in [1.807, 2.05) is 36.5 Å². The highest BCUT2D eigenvalue weighted by Gasteiger charge is 2.35. The van der Waals surface area contributed by atoms with E-state index < -0.39 is 0 Å². The summed E-state index contributed by atoms with van der Waals surface area (Å²) in [7, 11) is 0. The molecule has 2 aromatic heterocycles. The average molecular weight is 472 g/mol. The van der Waals surface area contributed by atoms with Gasteiger partial charge in [0.15, 0.2) is 0 Å². The Morgan fingerprint density at radius 1 is 1.29 bits per heavy atom. The highest BCUT2D eigenvalue weighted by atomic mass is 16.5. The number of fused-ring (bicyclic) bond motifs is 2. The van der Waals surface area contributed by atoms with E-state index in [1.54, 1.807) is 0 Å². The summed E-state index contributed by atoms with van der Waals surface area (Å²) < 4.78 is 5.93. The van der Waals surface area contributed by atoms with Crippen molar-refractivity contribution in [2.75, 3.05) is 19.7 Å².